The molecule has 18 heavy (non-hydrogen) atoms. The third-order valence-corrected chi connectivity index (χ3v) is 7.34. The largest absolute Gasteiger partial charge is 0.381 e. The van der Waals surface area contributed by atoms with Crippen molar-refractivity contribution in [3.8, 4) is 0 Å². The zero-order valence-electron chi connectivity index (χ0n) is 8.89. The number of thiol groups is 1. The Hall–Kier alpha value is -0.330. The number of nitrogens with one attached hydrogen (secondary N) is 1. The first-order valence-corrected chi connectivity index (χ1v) is 8.47. The van der Waals surface area contributed by atoms with Crippen LogP contribution in [-0.4, -0.2) is 31.0 Å². The fraction of sp³-hybridized carbons (Fsp3) is 0.250. The summed E-state index contributed by atoms with van der Waals surface area (Å²) in [5.41, 5.74) is 0.118. The van der Waals surface area contributed by atoms with Gasteiger partial charge >= 0.3 is 15.2 Å². The van der Waals surface area contributed by atoms with Crippen molar-refractivity contribution >= 4 is 27.8 Å². The molecule has 0 saturated carbocycles. The van der Waals surface area contributed by atoms with Gasteiger partial charge in [-0.3, -0.25) is 9.13 Å². The minimum Gasteiger partial charge on any atom is -0.381 e. The highest BCUT2D eigenvalue weighted by atomic mass is 32.1. The van der Waals surface area contributed by atoms with Crippen molar-refractivity contribution in [1.29, 1.82) is 0 Å². The van der Waals surface area contributed by atoms with Crippen LogP contribution in [0.1, 0.15) is 0 Å². The van der Waals surface area contributed by atoms with E-state index < -0.39 is 20.1 Å². The second-order valence-corrected chi connectivity index (χ2v) is 8.33. The molecule has 7 nitrogen and oxygen atoms in total. The molecule has 1 aliphatic heterocycles. The lowest BCUT2D eigenvalue weighted by Gasteiger charge is -2.33. The Labute approximate surface area is 108 Å². The number of dihydropyridines is 1. The lowest BCUT2D eigenvalue weighted by Crippen LogP contribution is -2.31. The summed E-state index contributed by atoms with van der Waals surface area (Å²) in [6.45, 7) is 0.375. The molecule has 0 bridgehead atoms. The number of rotatable bonds is 2. The molecule has 0 fully saturated rings. The maximum Gasteiger partial charge on any atom is 0.352 e. The van der Waals surface area contributed by atoms with Gasteiger partial charge < -0.3 is 24.9 Å². The Morgan fingerprint density at radius 1 is 1.22 bits per heavy atom. The topological polar surface area (TPSA) is 127 Å². The Balaban J connectivity index is 2.78. The van der Waals surface area contributed by atoms with Crippen LogP contribution in [0.3, 0.4) is 0 Å². The lowest BCUT2D eigenvalue weighted by atomic mass is 10.1. The summed E-state index contributed by atoms with van der Waals surface area (Å²) in [6, 6.07) is 0. The quantitative estimate of drug-likeness (QED) is 0.319. The van der Waals surface area contributed by atoms with Crippen LogP contribution in [0.25, 0.3) is 0 Å². The van der Waals surface area contributed by atoms with Gasteiger partial charge in [0.1, 0.15) is 0 Å². The summed E-state index contributed by atoms with van der Waals surface area (Å²) in [4.78, 5) is 35.1. The van der Waals surface area contributed by atoms with E-state index in [2.05, 4.69) is 17.9 Å². The molecule has 0 aromatic heterocycles. The standard InChI is InChI=1S/C8H11NO6P2S/c10-16(11,12)8(17(13,14)15)3-1-5-7(8)6(18)2-4-9-5/h1-3,9,18H,4H2,(H2,10,11,12)(H2,13,14,15). The van der Waals surface area contributed by atoms with Gasteiger partial charge in [0.2, 0.25) is 4.90 Å². The summed E-state index contributed by atoms with van der Waals surface area (Å²) in [7, 11) is -10.3. The minimum absolute atomic E-state index is 0.153. The van der Waals surface area contributed by atoms with Gasteiger partial charge in [-0.1, -0.05) is 6.08 Å². The minimum atomic E-state index is -5.13. The lowest BCUT2D eigenvalue weighted by molar-refractivity contribution is 0.331. The second-order valence-electron chi connectivity index (χ2n) is 3.91. The second kappa shape index (κ2) is 4.08. The molecular formula is C8H11NO6P2S. The average Bonchev–Trinajstić information content (AvgIpc) is 2.57. The Kier molecular flexibility index (Phi) is 3.19. The summed E-state index contributed by atoms with van der Waals surface area (Å²) in [6.07, 6.45) is 3.62. The van der Waals surface area contributed by atoms with Gasteiger partial charge in [0, 0.05) is 22.7 Å². The highest BCUT2D eigenvalue weighted by Gasteiger charge is 2.64. The first-order chi connectivity index (χ1) is 8.11. The van der Waals surface area contributed by atoms with Gasteiger partial charge in [-0.15, -0.1) is 12.6 Å². The molecule has 0 aromatic carbocycles. The van der Waals surface area contributed by atoms with E-state index in [0.29, 0.717) is 6.54 Å². The predicted octanol–water partition coefficient (Wildman–Crippen LogP) is 0.279. The van der Waals surface area contributed by atoms with Crippen LogP contribution < -0.4 is 5.32 Å². The molecule has 0 spiro atoms. The van der Waals surface area contributed by atoms with Crippen molar-refractivity contribution in [3.05, 3.63) is 34.4 Å². The summed E-state index contributed by atoms with van der Waals surface area (Å²) < 4.78 is 23.3. The normalized spacial score (nSPS) is 22.6. The van der Waals surface area contributed by atoms with E-state index in [1.807, 2.05) is 0 Å². The van der Waals surface area contributed by atoms with Crippen molar-refractivity contribution in [1.82, 2.24) is 5.32 Å². The van der Waals surface area contributed by atoms with E-state index in [9.17, 15) is 28.7 Å². The van der Waals surface area contributed by atoms with Crippen molar-refractivity contribution < 1.29 is 28.7 Å². The van der Waals surface area contributed by atoms with E-state index in [4.69, 9.17) is 0 Å². The Morgan fingerprint density at radius 3 is 2.28 bits per heavy atom. The van der Waals surface area contributed by atoms with E-state index in [0.717, 1.165) is 6.08 Å². The molecule has 2 aliphatic rings. The van der Waals surface area contributed by atoms with E-state index in [1.165, 1.54) is 12.2 Å². The summed E-state index contributed by atoms with van der Waals surface area (Å²) in [5.74, 6) is 0. The monoisotopic (exact) mass is 311 g/mol. The zero-order chi connectivity index (χ0) is 13.8. The first-order valence-electron chi connectivity index (χ1n) is 4.80. The van der Waals surface area contributed by atoms with Crippen LogP contribution in [-0.2, 0) is 9.13 Å². The van der Waals surface area contributed by atoms with Crippen LogP contribution in [0, 0.1) is 0 Å². The predicted molar refractivity (Wildman–Crippen MR) is 68.1 cm³/mol. The summed E-state index contributed by atoms with van der Waals surface area (Å²) in [5, 5.41) is 2.79. The van der Waals surface area contributed by atoms with Gasteiger partial charge in [0.25, 0.3) is 0 Å². The zero-order valence-corrected chi connectivity index (χ0v) is 11.6. The van der Waals surface area contributed by atoms with Crippen molar-refractivity contribution in [3.63, 3.8) is 0 Å². The van der Waals surface area contributed by atoms with E-state index >= 15 is 0 Å². The van der Waals surface area contributed by atoms with Gasteiger partial charge in [-0.2, -0.15) is 0 Å². The average molecular weight is 311 g/mol. The maximum absolute atomic E-state index is 11.6. The van der Waals surface area contributed by atoms with Crippen LogP contribution in [0.15, 0.2) is 34.4 Å². The molecule has 2 rings (SSSR count). The van der Waals surface area contributed by atoms with Gasteiger partial charge in [-0.05, 0) is 12.2 Å². The molecule has 1 heterocycles. The highest BCUT2D eigenvalue weighted by Crippen LogP contribution is 2.75. The number of hydrogen-bond acceptors (Lipinski definition) is 4. The molecule has 0 aromatic rings. The molecule has 0 unspecified atom stereocenters. The molecule has 10 heteroatoms. The van der Waals surface area contributed by atoms with Crippen LogP contribution >= 0.6 is 27.8 Å². The van der Waals surface area contributed by atoms with Crippen LogP contribution in [0.4, 0.5) is 0 Å². The smallest absolute Gasteiger partial charge is 0.352 e. The third kappa shape index (κ3) is 1.77. The molecule has 0 saturated heterocycles. The molecular weight excluding hydrogens is 300 g/mol. The first kappa shape index (κ1) is 14.1. The fourth-order valence-electron chi connectivity index (χ4n) is 2.05. The Morgan fingerprint density at radius 2 is 1.78 bits per heavy atom. The molecule has 0 amide bonds. The third-order valence-electron chi connectivity index (χ3n) is 2.85. The van der Waals surface area contributed by atoms with Crippen LogP contribution in [0.5, 0.6) is 0 Å². The summed E-state index contributed by atoms with van der Waals surface area (Å²) >= 11 is 4.05. The van der Waals surface area contributed by atoms with Gasteiger partial charge in [0.05, 0.1) is 0 Å². The molecule has 1 aliphatic carbocycles. The van der Waals surface area contributed by atoms with Crippen molar-refractivity contribution in [2.45, 2.75) is 4.90 Å². The number of allylic oxidation sites excluding steroid dienone is 3. The SMILES string of the molecule is O=P(O)(O)C1(P(=O)(O)O)C=CC2=C1C(S)=CCN2. The molecule has 100 valence electrons. The van der Waals surface area contributed by atoms with E-state index in [-0.39, 0.29) is 16.2 Å². The fourth-order valence-corrected chi connectivity index (χ4v) is 5.58. The molecule has 0 atom stereocenters. The van der Waals surface area contributed by atoms with Crippen molar-refractivity contribution in [2.75, 3.05) is 6.54 Å². The van der Waals surface area contributed by atoms with Crippen molar-refractivity contribution in [2.24, 2.45) is 0 Å². The maximum atomic E-state index is 11.6. The number of hydrogen-bond donors (Lipinski definition) is 6. The Bertz CT molecular complexity index is 560. The highest BCUT2D eigenvalue weighted by molar-refractivity contribution is 7.85. The van der Waals surface area contributed by atoms with E-state index in [1.54, 1.807) is 0 Å². The molecule has 0 radical (unpaired) electrons. The molecule has 5 N–H and O–H groups in total. The van der Waals surface area contributed by atoms with Gasteiger partial charge in [0.15, 0.2) is 0 Å². The van der Waals surface area contributed by atoms with Gasteiger partial charge in [-0.25, -0.2) is 0 Å². The van der Waals surface area contributed by atoms with Crippen LogP contribution in [0.2, 0.25) is 0 Å².